The topological polar surface area (TPSA) is 65.4 Å². The monoisotopic (exact) mass is 325 g/mol. The van der Waals surface area contributed by atoms with Crippen LogP contribution in [0.5, 0.6) is 11.5 Å². The Morgan fingerprint density at radius 1 is 1.12 bits per heavy atom. The highest BCUT2D eigenvalue weighted by molar-refractivity contribution is 5.94. The molecule has 0 bridgehead atoms. The predicted molar refractivity (Wildman–Crippen MR) is 91.6 cm³/mol. The summed E-state index contributed by atoms with van der Waals surface area (Å²) in [6.07, 6.45) is 1.78. The highest BCUT2D eigenvalue weighted by Crippen LogP contribution is 2.27. The van der Waals surface area contributed by atoms with Gasteiger partial charge in [-0.3, -0.25) is 4.79 Å². The van der Waals surface area contributed by atoms with Crippen LogP contribution >= 0.6 is 0 Å². The number of hydrogen-bond acceptors (Lipinski definition) is 4. The fourth-order valence-electron chi connectivity index (χ4n) is 2.56. The van der Waals surface area contributed by atoms with Crippen LogP contribution in [-0.4, -0.2) is 36.2 Å². The molecule has 6 nitrogen and oxygen atoms in total. The van der Waals surface area contributed by atoms with Gasteiger partial charge in [-0.25, -0.2) is 4.98 Å². The molecule has 0 saturated carbocycles. The van der Waals surface area contributed by atoms with Crippen molar-refractivity contribution in [1.82, 2.24) is 14.9 Å². The number of nitrogens with one attached hydrogen (secondary N) is 1. The molecule has 1 aromatic heterocycles. The maximum absolute atomic E-state index is 12.3. The van der Waals surface area contributed by atoms with Gasteiger partial charge in [-0.1, -0.05) is 12.1 Å². The third-order valence-corrected chi connectivity index (χ3v) is 3.81. The van der Waals surface area contributed by atoms with E-state index in [-0.39, 0.29) is 5.91 Å². The molecule has 2 aromatic carbocycles. The van der Waals surface area contributed by atoms with E-state index < -0.39 is 0 Å². The van der Waals surface area contributed by atoms with Gasteiger partial charge < -0.3 is 19.4 Å². The molecule has 1 amide bonds. The first-order chi connectivity index (χ1) is 11.7. The molecule has 0 radical (unpaired) electrons. The van der Waals surface area contributed by atoms with E-state index in [2.05, 4.69) is 10.3 Å². The number of fused-ring (bicyclic) bond motifs is 1. The second-order valence-electron chi connectivity index (χ2n) is 5.25. The second-order valence-corrected chi connectivity index (χ2v) is 5.25. The number of imidazole rings is 1. The molecule has 1 N–H and O–H groups in total. The number of nitrogens with zero attached hydrogens (tertiary/aromatic N) is 2. The number of benzene rings is 2. The van der Waals surface area contributed by atoms with Crippen molar-refractivity contribution in [2.75, 3.05) is 20.8 Å². The predicted octanol–water partition coefficient (Wildman–Crippen LogP) is 2.48. The zero-order chi connectivity index (χ0) is 16.9. The van der Waals surface area contributed by atoms with Gasteiger partial charge in [0.05, 0.1) is 31.6 Å². The van der Waals surface area contributed by atoms with Gasteiger partial charge in [0.15, 0.2) is 11.5 Å². The number of carbonyl (C=O) groups excluding carboxylic acids is 1. The zero-order valence-electron chi connectivity index (χ0n) is 13.7. The number of para-hydroxylation sites is 2. The average molecular weight is 325 g/mol. The van der Waals surface area contributed by atoms with Crippen molar-refractivity contribution in [2.45, 2.75) is 6.54 Å². The van der Waals surface area contributed by atoms with E-state index in [4.69, 9.17) is 9.47 Å². The van der Waals surface area contributed by atoms with Gasteiger partial charge in [0.1, 0.15) is 0 Å². The lowest BCUT2D eigenvalue weighted by molar-refractivity contribution is 0.0952. The Hall–Kier alpha value is -3.02. The fraction of sp³-hybridized carbons (Fsp3) is 0.222. The number of ether oxygens (including phenoxy) is 2. The molecule has 0 aliphatic carbocycles. The number of amides is 1. The average Bonchev–Trinajstić information content (AvgIpc) is 3.04. The van der Waals surface area contributed by atoms with Gasteiger partial charge >= 0.3 is 0 Å². The van der Waals surface area contributed by atoms with Crippen LogP contribution in [0, 0.1) is 0 Å². The van der Waals surface area contributed by atoms with E-state index in [1.165, 1.54) is 0 Å². The molecule has 0 atom stereocenters. The molecule has 0 aliphatic heterocycles. The molecule has 0 fully saturated rings. The third-order valence-electron chi connectivity index (χ3n) is 3.81. The van der Waals surface area contributed by atoms with E-state index >= 15 is 0 Å². The lowest BCUT2D eigenvalue weighted by Gasteiger charge is -2.10. The summed E-state index contributed by atoms with van der Waals surface area (Å²) in [6.45, 7) is 1.16. The molecular formula is C18H19N3O3. The van der Waals surface area contributed by atoms with Crippen LogP contribution in [0.25, 0.3) is 11.0 Å². The molecule has 24 heavy (non-hydrogen) atoms. The highest BCUT2D eigenvalue weighted by atomic mass is 16.5. The maximum atomic E-state index is 12.3. The summed E-state index contributed by atoms with van der Waals surface area (Å²) >= 11 is 0. The van der Waals surface area contributed by atoms with Gasteiger partial charge in [-0.05, 0) is 30.3 Å². The van der Waals surface area contributed by atoms with Crippen LogP contribution in [0.2, 0.25) is 0 Å². The Morgan fingerprint density at radius 2 is 1.92 bits per heavy atom. The molecule has 3 aromatic rings. The van der Waals surface area contributed by atoms with Crippen molar-refractivity contribution < 1.29 is 14.3 Å². The Bertz CT molecular complexity index is 858. The summed E-state index contributed by atoms with van der Waals surface area (Å²) in [4.78, 5) is 16.6. The maximum Gasteiger partial charge on any atom is 0.251 e. The van der Waals surface area contributed by atoms with Crippen molar-refractivity contribution in [3.05, 3.63) is 54.4 Å². The van der Waals surface area contributed by atoms with Crippen LogP contribution in [0.3, 0.4) is 0 Å². The second kappa shape index (κ2) is 7.04. The number of rotatable bonds is 6. The summed E-state index contributed by atoms with van der Waals surface area (Å²) in [5, 5.41) is 2.91. The molecule has 6 heteroatoms. The number of carbonyl (C=O) groups is 1. The number of hydrogen-bond donors (Lipinski definition) is 1. The van der Waals surface area contributed by atoms with Crippen molar-refractivity contribution in [3.8, 4) is 11.5 Å². The fourth-order valence-corrected chi connectivity index (χ4v) is 2.56. The van der Waals surface area contributed by atoms with Gasteiger partial charge in [-0.2, -0.15) is 0 Å². The molecule has 124 valence electrons. The molecule has 0 unspecified atom stereocenters. The Balaban J connectivity index is 1.63. The third kappa shape index (κ3) is 3.17. The van der Waals surface area contributed by atoms with Crippen LogP contribution in [0.1, 0.15) is 10.4 Å². The minimum atomic E-state index is -0.152. The quantitative estimate of drug-likeness (QED) is 0.756. The molecule has 0 aliphatic rings. The SMILES string of the molecule is COc1ccc(C(=O)NCCn2cnc3ccccc32)cc1OC. The Labute approximate surface area is 140 Å². The van der Waals surface area contributed by atoms with E-state index in [0.717, 1.165) is 11.0 Å². The summed E-state index contributed by atoms with van der Waals surface area (Å²) in [5.74, 6) is 0.977. The first-order valence-corrected chi connectivity index (χ1v) is 7.63. The van der Waals surface area contributed by atoms with E-state index in [0.29, 0.717) is 30.2 Å². The Kier molecular flexibility index (Phi) is 4.65. The minimum absolute atomic E-state index is 0.152. The van der Waals surface area contributed by atoms with Gasteiger partial charge in [-0.15, -0.1) is 0 Å². The zero-order valence-corrected chi connectivity index (χ0v) is 13.7. The van der Waals surface area contributed by atoms with Crippen LogP contribution in [0.4, 0.5) is 0 Å². The molecule has 0 saturated heterocycles. The lowest BCUT2D eigenvalue weighted by Crippen LogP contribution is -2.27. The summed E-state index contributed by atoms with van der Waals surface area (Å²) in [6, 6.07) is 13.0. The molecule has 1 heterocycles. The number of aromatic nitrogens is 2. The molecular weight excluding hydrogens is 306 g/mol. The van der Waals surface area contributed by atoms with Crippen molar-refractivity contribution in [2.24, 2.45) is 0 Å². The van der Waals surface area contributed by atoms with Crippen LogP contribution < -0.4 is 14.8 Å². The highest BCUT2D eigenvalue weighted by Gasteiger charge is 2.10. The standard InChI is InChI=1S/C18H19N3O3/c1-23-16-8-7-13(11-17(16)24-2)18(22)19-9-10-21-12-20-14-5-3-4-6-15(14)21/h3-8,11-12H,9-10H2,1-2H3,(H,19,22). The van der Waals surface area contributed by atoms with Gasteiger partial charge in [0, 0.05) is 18.7 Å². The largest absolute Gasteiger partial charge is 0.493 e. The summed E-state index contributed by atoms with van der Waals surface area (Å²) in [7, 11) is 3.11. The lowest BCUT2D eigenvalue weighted by atomic mass is 10.2. The van der Waals surface area contributed by atoms with Crippen LogP contribution in [-0.2, 0) is 6.54 Å². The normalized spacial score (nSPS) is 10.6. The summed E-state index contributed by atoms with van der Waals surface area (Å²) in [5.41, 5.74) is 2.53. The number of methoxy groups -OCH3 is 2. The van der Waals surface area contributed by atoms with Gasteiger partial charge in [0.25, 0.3) is 5.91 Å². The minimum Gasteiger partial charge on any atom is -0.493 e. The van der Waals surface area contributed by atoms with Crippen molar-refractivity contribution in [3.63, 3.8) is 0 Å². The molecule has 0 spiro atoms. The Morgan fingerprint density at radius 3 is 2.71 bits per heavy atom. The summed E-state index contributed by atoms with van der Waals surface area (Å²) < 4.78 is 12.4. The smallest absolute Gasteiger partial charge is 0.251 e. The van der Waals surface area contributed by atoms with E-state index in [9.17, 15) is 4.79 Å². The van der Waals surface area contributed by atoms with Gasteiger partial charge in [0.2, 0.25) is 0 Å². The van der Waals surface area contributed by atoms with Crippen molar-refractivity contribution >= 4 is 16.9 Å². The van der Waals surface area contributed by atoms with E-state index in [1.807, 2.05) is 28.8 Å². The van der Waals surface area contributed by atoms with Crippen LogP contribution in [0.15, 0.2) is 48.8 Å². The first kappa shape index (κ1) is 15.9. The van der Waals surface area contributed by atoms with E-state index in [1.54, 1.807) is 38.7 Å². The first-order valence-electron chi connectivity index (χ1n) is 7.63. The van der Waals surface area contributed by atoms with Crippen molar-refractivity contribution in [1.29, 1.82) is 0 Å². The molecule has 3 rings (SSSR count).